The minimum atomic E-state index is -1.29. The molecule has 0 bridgehead atoms. The highest BCUT2D eigenvalue weighted by atomic mass is 16.6. The van der Waals surface area contributed by atoms with E-state index in [1.807, 2.05) is 42.5 Å². The largest absolute Gasteiger partial charge is 0.458 e. The smallest absolute Gasteiger partial charge is 0.408 e. The predicted molar refractivity (Wildman–Crippen MR) is 163 cm³/mol. The lowest BCUT2D eigenvalue weighted by Gasteiger charge is -2.34. The fourth-order valence-corrected chi connectivity index (χ4v) is 4.52. The molecule has 0 aliphatic carbocycles. The molecule has 2 rings (SSSR count). The highest BCUT2D eigenvalue weighted by Gasteiger charge is 2.38. The molecule has 0 aliphatic rings. The van der Waals surface area contributed by atoms with Crippen molar-refractivity contribution in [3.8, 4) is 6.07 Å². The van der Waals surface area contributed by atoms with E-state index in [-0.39, 0.29) is 6.42 Å². The first-order valence-corrected chi connectivity index (χ1v) is 14.2. The predicted octanol–water partition coefficient (Wildman–Crippen LogP) is 4.68. The Kier molecular flexibility index (Phi) is 11.9. The number of ether oxygens (including phenoxy) is 2. The summed E-state index contributed by atoms with van der Waals surface area (Å²) in [5.74, 6) is -1.98. The van der Waals surface area contributed by atoms with Crippen LogP contribution in [-0.2, 0) is 30.3 Å². The highest BCUT2D eigenvalue weighted by molar-refractivity contribution is 5.94. The lowest BCUT2D eigenvalue weighted by atomic mass is 9.93. The first-order valence-electron chi connectivity index (χ1n) is 14.2. The molecular formula is C33H44N4O6. The molecule has 232 valence electrons. The van der Waals surface area contributed by atoms with Crippen LogP contribution in [0.15, 0.2) is 48.5 Å². The van der Waals surface area contributed by atoms with E-state index in [0.717, 1.165) is 10.5 Å². The summed E-state index contributed by atoms with van der Waals surface area (Å²) in [4.78, 5) is 54.9. The summed E-state index contributed by atoms with van der Waals surface area (Å²) in [6.45, 7) is 14.9. The molecule has 0 saturated carbocycles. The van der Waals surface area contributed by atoms with E-state index in [4.69, 9.17) is 9.47 Å². The molecule has 3 atom stereocenters. The van der Waals surface area contributed by atoms with Crippen molar-refractivity contribution in [1.82, 2.24) is 15.5 Å². The summed E-state index contributed by atoms with van der Waals surface area (Å²) in [6, 6.07) is 13.1. The van der Waals surface area contributed by atoms with E-state index >= 15 is 0 Å². The van der Waals surface area contributed by atoms with Crippen LogP contribution in [0.25, 0.3) is 0 Å². The van der Waals surface area contributed by atoms with Gasteiger partial charge in [0.25, 0.3) is 0 Å². The number of benzene rings is 2. The maximum atomic E-state index is 14.2. The number of hydrogen-bond donors (Lipinski definition) is 2. The van der Waals surface area contributed by atoms with Crippen molar-refractivity contribution < 1.29 is 28.7 Å². The van der Waals surface area contributed by atoms with E-state index in [1.165, 1.54) is 6.92 Å². The topological polar surface area (TPSA) is 138 Å². The van der Waals surface area contributed by atoms with Crippen molar-refractivity contribution >= 4 is 23.9 Å². The minimum absolute atomic E-state index is 0.143. The average molecular weight is 593 g/mol. The summed E-state index contributed by atoms with van der Waals surface area (Å²) in [5.41, 5.74) is 1.11. The monoisotopic (exact) mass is 592 g/mol. The first kappa shape index (κ1) is 34.8. The number of nitrogens with zero attached hydrogens (tertiary/aromatic N) is 2. The number of nitrogens with one attached hydrogen (secondary N) is 2. The molecule has 2 N–H and O–H groups in total. The van der Waals surface area contributed by atoms with Crippen LogP contribution in [0.1, 0.15) is 76.8 Å². The number of carbonyl (C=O) groups is 4. The molecule has 0 aliphatic heterocycles. The molecule has 2 aromatic carbocycles. The molecule has 0 aromatic heterocycles. The van der Waals surface area contributed by atoms with Crippen molar-refractivity contribution in [1.29, 1.82) is 5.26 Å². The van der Waals surface area contributed by atoms with E-state index < -0.39 is 59.7 Å². The molecule has 0 radical (unpaired) electrons. The fraction of sp³-hybridized carbons (Fsp3) is 0.485. The van der Waals surface area contributed by atoms with Crippen molar-refractivity contribution in [3.05, 3.63) is 70.8 Å². The number of aryl methyl sites for hydroxylation is 2. The second-order valence-electron chi connectivity index (χ2n) is 12.5. The zero-order valence-corrected chi connectivity index (χ0v) is 26.6. The third-order valence-electron chi connectivity index (χ3n) is 6.29. The number of amides is 3. The van der Waals surface area contributed by atoms with Crippen molar-refractivity contribution in [2.24, 2.45) is 0 Å². The van der Waals surface area contributed by atoms with Gasteiger partial charge < -0.3 is 25.0 Å². The lowest BCUT2D eigenvalue weighted by Crippen LogP contribution is -2.54. The Hall–Kier alpha value is -4.39. The van der Waals surface area contributed by atoms with E-state index in [2.05, 4.69) is 10.6 Å². The Morgan fingerprint density at radius 2 is 1.42 bits per heavy atom. The number of nitriles is 1. The van der Waals surface area contributed by atoms with E-state index in [9.17, 15) is 24.4 Å². The Morgan fingerprint density at radius 3 is 1.93 bits per heavy atom. The number of esters is 1. The quantitative estimate of drug-likeness (QED) is 0.302. The molecule has 43 heavy (non-hydrogen) atoms. The standard InChI is InChI=1S/C33H44N4O6/c1-21-14-13-15-22(2)26(21)27(37(19-18-34)29(39)23(3)35-31(41)43-33(7,8)9)28(38)36-25(30(40)42-32(4,5)6)20-24-16-11-10-12-17-24/h10-17,23,25,27H,19-20H2,1-9H3,(H,35,41)(H,36,38). The summed E-state index contributed by atoms with van der Waals surface area (Å²) in [7, 11) is 0. The molecule has 2 aromatic rings. The van der Waals surface area contributed by atoms with Gasteiger partial charge in [0.1, 0.15) is 35.9 Å². The van der Waals surface area contributed by atoms with Crippen molar-refractivity contribution in [2.75, 3.05) is 6.54 Å². The summed E-state index contributed by atoms with van der Waals surface area (Å²) in [5, 5.41) is 15.1. The van der Waals surface area contributed by atoms with Gasteiger partial charge in [-0.25, -0.2) is 9.59 Å². The summed E-state index contributed by atoms with van der Waals surface area (Å²) >= 11 is 0. The maximum absolute atomic E-state index is 14.2. The first-order chi connectivity index (χ1) is 19.9. The van der Waals surface area contributed by atoms with Gasteiger partial charge in [-0.15, -0.1) is 0 Å². The molecule has 0 spiro atoms. The van der Waals surface area contributed by atoms with Gasteiger partial charge >= 0.3 is 12.1 Å². The molecule has 10 heteroatoms. The SMILES string of the molecule is Cc1cccc(C)c1C(C(=O)NC(Cc1ccccc1)C(=O)OC(C)(C)C)N(CC#N)C(=O)C(C)NC(=O)OC(C)(C)C. The van der Waals surface area contributed by atoms with Gasteiger partial charge in [-0.2, -0.15) is 5.26 Å². The Balaban J connectivity index is 2.56. The Bertz CT molecular complexity index is 1320. The van der Waals surface area contributed by atoms with Crippen LogP contribution in [-0.4, -0.2) is 58.6 Å². The van der Waals surface area contributed by atoms with Gasteiger partial charge in [0, 0.05) is 6.42 Å². The number of rotatable bonds is 10. The third-order valence-corrected chi connectivity index (χ3v) is 6.29. The van der Waals surface area contributed by atoms with Crippen LogP contribution >= 0.6 is 0 Å². The van der Waals surface area contributed by atoms with Gasteiger partial charge in [-0.05, 0) is 84.6 Å². The molecule has 0 fully saturated rings. The van der Waals surface area contributed by atoms with E-state index in [1.54, 1.807) is 67.5 Å². The van der Waals surface area contributed by atoms with Gasteiger partial charge in [-0.1, -0.05) is 48.5 Å². The maximum Gasteiger partial charge on any atom is 0.408 e. The van der Waals surface area contributed by atoms with Crippen LogP contribution in [0.4, 0.5) is 4.79 Å². The van der Waals surface area contributed by atoms with Gasteiger partial charge in [0.2, 0.25) is 11.8 Å². The summed E-state index contributed by atoms with van der Waals surface area (Å²) < 4.78 is 10.9. The second-order valence-corrected chi connectivity index (χ2v) is 12.5. The molecule has 3 unspecified atom stereocenters. The number of alkyl carbamates (subject to hydrolysis) is 1. The van der Waals surface area contributed by atoms with Crippen molar-refractivity contribution in [2.45, 2.75) is 98.1 Å². The minimum Gasteiger partial charge on any atom is -0.458 e. The van der Waals surface area contributed by atoms with E-state index in [0.29, 0.717) is 16.7 Å². The van der Waals surface area contributed by atoms with Crippen LogP contribution in [0.5, 0.6) is 0 Å². The normalized spacial score (nSPS) is 13.5. The zero-order valence-electron chi connectivity index (χ0n) is 26.6. The lowest BCUT2D eigenvalue weighted by molar-refractivity contribution is -0.159. The summed E-state index contributed by atoms with van der Waals surface area (Å²) in [6.07, 6.45) is -0.671. The van der Waals surface area contributed by atoms with Crippen LogP contribution in [0.3, 0.4) is 0 Å². The molecular weight excluding hydrogens is 548 g/mol. The molecule has 10 nitrogen and oxygen atoms in total. The second kappa shape index (κ2) is 14.7. The van der Waals surface area contributed by atoms with Crippen LogP contribution < -0.4 is 10.6 Å². The number of hydrogen-bond acceptors (Lipinski definition) is 7. The van der Waals surface area contributed by atoms with Crippen molar-refractivity contribution in [3.63, 3.8) is 0 Å². The highest BCUT2D eigenvalue weighted by Crippen LogP contribution is 2.29. The van der Waals surface area contributed by atoms with Crippen LogP contribution in [0, 0.1) is 25.2 Å². The average Bonchev–Trinajstić information content (AvgIpc) is 2.87. The fourth-order valence-electron chi connectivity index (χ4n) is 4.52. The van der Waals surface area contributed by atoms with Gasteiger partial charge in [-0.3, -0.25) is 9.59 Å². The van der Waals surface area contributed by atoms with Crippen LogP contribution in [0.2, 0.25) is 0 Å². The Labute approximate surface area is 254 Å². The van der Waals surface area contributed by atoms with Gasteiger partial charge in [0.05, 0.1) is 6.07 Å². The van der Waals surface area contributed by atoms with Gasteiger partial charge in [0.15, 0.2) is 0 Å². The zero-order chi connectivity index (χ0) is 32.5. The Morgan fingerprint density at radius 1 is 0.860 bits per heavy atom. The third kappa shape index (κ3) is 10.7. The number of carbonyl (C=O) groups excluding carboxylic acids is 4. The molecule has 0 heterocycles. The molecule has 3 amide bonds. The molecule has 0 saturated heterocycles.